The molecule has 162 valence electrons. The Bertz CT molecular complexity index is 1170. The van der Waals surface area contributed by atoms with Crippen molar-refractivity contribution in [2.24, 2.45) is 4.99 Å². The standard InChI is InChI=1S/C20H18ClN3O4S3/c1-12-9-17(16(10-14(12)21)30-11-28-13-5-3-2-4-6-13)31(26,27)24-20-22-15-7-8-29-18(15)19(25)23-20/h2-10,15,18H,11H2,1H3,(H2,22,23,24,25). The quantitative estimate of drug-likeness (QED) is 0.470. The molecule has 0 spiro atoms. The molecule has 11 heteroatoms. The van der Waals surface area contributed by atoms with Crippen LogP contribution in [0.25, 0.3) is 0 Å². The van der Waals surface area contributed by atoms with Crippen LogP contribution in [0.4, 0.5) is 0 Å². The number of ether oxygens (including phenoxy) is 1. The third kappa shape index (κ3) is 5.03. The van der Waals surface area contributed by atoms with Crippen molar-refractivity contribution in [2.75, 3.05) is 5.94 Å². The molecule has 0 radical (unpaired) electrons. The van der Waals surface area contributed by atoms with E-state index in [1.165, 1.54) is 29.6 Å². The van der Waals surface area contributed by atoms with Gasteiger partial charge in [-0.05, 0) is 42.2 Å². The zero-order valence-corrected chi connectivity index (χ0v) is 19.4. The lowest BCUT2D eigenvalue weighted by Gasteiger charge is -2.23. The number of halogens is 1. The van der Waals surface area contributed by atoms with E-state index in [0.29, 0.717) is 21.2 Å². The molecule has 2 N–H and O–H groups in total. The van der Waals surface area contributed by atoms with Gasteiger partial charge in [-0.2, -0.15) is 0 Å². The number of nitrogens with one attached hydrogen (secondary N) is 2. The van der Waals surface area contributed by atoms with Crippen LogP contribution in [-0.2, 0) is 14.8 Å². The Morgan fingerprint density at radius 2 is 2.06 bits per heavy atom. The number of aliphatic imine (C=N–C) groups is 1. The van der Waals surface area contributed by atoms with E-state index < -0.39 is 16.1 Å². The van der Waals surface area contributed by atoms with Gasteiger partial charge in [-0.25, -0.2) is 18.1 Å². The summed E-state index contributed by atoms with van der Waals surface area (Å²) >= 11 is 8.80. The fourth-order valence-electron chi connectivity index (χ4n) is 2.96. The van der Waals surface area contributed by atoms with Crippen LogP contribution in [-0.4, -0.2) is 37.5 Å². The third-order valence-corrected chi connectivity index (χ3v) is 8.42. The average molecular weight is 496 g/mol. The Labute approximate surface area is 193 Å². The van der Waals surface area contributed by atoms with Crippen molar-refractivity contribution < 1.29 is 17.9 Å². The molecule has 2 aromatic rings. The molecule has 1 amide bonds. The van der Waals surface area contributed by atoms with Crippen LogP contribution in [0, 0.1) is 6.92 Å². The smallest absolute Gasteiger partial charge is 0.265 e. The van der Waals surface area contributed by atoms with E-state index in [9.17, 15) is 13.2 Å². The van der Waals surface area contributed by atoms with Crippen LogP contribution in [0.2, 0.25) is 5.02 Å². The first-order valence-electron chi connectivity index (χ1n) is 9.18. The predicted molar refractivity (Wildman–Crippen MR) is 124 cm³/mol. The Kier molecular flexibility index (Phi) is 6.52. The number of guanidine groups is 1. The van der Waals surface area contributed by atoms with Gasteiger partial charge < -0.3 is 4.74 Å². The number of carbonyl (C=O) groups is 1. The van der Waals surface area contributed by atoms with Crippen molar-refractivity contribution in [3.63, 3.8) is 0 Å². The van der Waals surface area contributed by atoms with Gasteiger partial charge in [0.05, 0.1) is 6.04 Å². The van der Waals surface area contributed by atoms with Gasteiger partial charge in [0.25, 0.3) is 10.0 Å². The highest BCUT2D eigenvalue weighted by atomic mass is 35.5. The van der Waals surface area contributed by atoms with E-state index in [2.05, 4.69) is 15.0 Å². The van der Waals surface area contributed by atoms with Gasteiger partial charge in [0.15, 0.2) is 0 Å². The molecule has 7 nitrogen and oxygen atoms in total. The molecular formula is C20H18ClN3O4S3. The van der Waals surface area contributed by atoms with E-state index >= 15 is 0 Å². The number of sulfonamides is 1. The summed E-state index contributed by atoms with van der Waals surface area (Å²) in [5.41, 5.74) is 0.611. The lowest BCUT2D eigenvalue weighted by molar-refractivity contribution is -0.119. The number of amides is 1. The van der Waals surface area contributed by atoms with Gasteiger partial charge in [0.2, 0.25) is 11.9 Å². The SMILES string of the molecule is Cc1cc(S(=O)(=O)NC2=NC3C=CSC3C(=O)N2)c(SCOc2ccccc2)cc1Cl. The maximum absolute atomic E-state index is 13.2. The maximum Gasteiger partial charge on any atom is 0.265 e. The Morgan fingerprint density at radius 3 is 2.84 bits per heavy atom. The largest absolute Gasteiger partial charge is 0.483 e. The van der Waals surface area contributed by atoms with E-state index in [-0.39, 0.29) is 28.0 Å². The lowest BCUT2D eigenvalue weighted by atomic mass is 10.2. The van der Waals surface area contributed by atoms with Crippen molar-refractivity contribution in [2.45, 2.75) is 28.0 Å². The molecular weight excluding hydrogens is 478 g/mol. The van der Waals surface area contributed by atoms with Gasteiger partial charge in [-0.1, -0.05) is 47.6 Å². The third-order valence-electron chi connectivity index (χ3n) is 4.52. The molecule has 0 fully saturated rings. The van der Waals surface area contributed by atoms with Crippen molar-refractivity contribution in [1.82, 2.24) is 10.0 Å². The Balaban J connectivity index is 1.56. The summed E-state index contributed by atoms with van der Waals surface area (Å²) in [7, 11) is -4.04. The number of rotatable bonds is 6. The second kappa shape index (κ2) is 9.15. The van der Waals surface area contributed by atoms with Crippen LogP contribution in [0.1, 0.15) is 5.56 Å². The molecule has 2 aromatic carbocycles. The van der Waals surface area contributed by atoms with Crippen LogP contribution < -0.4 is 14.8 Å². The number of nitrogens with zero attached hydrogens (tertiary/aromatic N) is 1. The normalized spacial score (nSPS) is 20.1. The highest BCUT2D eigenvalue weighted by molar-refractivity contribution is 8.03. The van der Waals surface area contributed by atoms with E-state index in [1.54, 1.807) is 24.5 Å². The zero-order chi connectivity index (χ0) is 22.0. The summed E-state index contributed by atoms with van der Waals surface area (Å²) in [6, 6.07) is 11.9. The first-order chi connectivity index (χ1) is 14.8. The number of thioether (sulfide) groups is 2. The van der Waals surface area contributed by atoms with Gasteiger partial charge in [0.1, 0.15) is 21.8 Å². The number of para-hydroxylation sites is 1. The Morgan fingerprint density at radius 1 is 1.29 bits per heavy atom. The molecule has 0 aromatic heterocycles. The molecule has 2 heterocycles. The number of fused-ring (bicyclic) bond motifs is 1. The molecule has 2 aliphatic rings. The summed E-state index contributed by atoms with van der Waals surface area (Å²) in [5.74, 6) is 0.482. The van der Waals surface area contributed by atoms with E-state index in [4.69, 9.17) is 16.3 Å². The van der Waals surface area contributed by atoms with Gasteiger partial charge >= 0.3 is 0 Å². The summed E-state index contributed by atoms with van der Waals surface area (Å²) in [6.07, 6.45) is 1.77. The van der Waals surface area contributed by atoms with Crippen molar-refractivity contribution >= 4 is 57.0 Å². The monoisotopic (exact) mass is 495 g/mol. The number of hydrogen-bond donors (Lipinski definition) is 2. The second-order valence-electron chi connectivity index (χ2n) is 6.72. The van der Waals surface area contributed by atoms with E-state index in [1.807, 2.05) is 30.3 Å². The van der Waals surface area contributed by atoms with E-state index in [0.717, 1.165) is 0 Å². The fourth-order valence-corrected chi connectivity index (χ4v) is 6.46. The molecule has 2 aliphatic heterocycles. The number of benzene rings is 2. The second-order valence-corrected chi connectivity index (χ2v) is 10.8. The maximum atomic E-state index is 13.2. The van der Waals surface area contributed by atoms with Crippen LogP contribution in [0.3, 0.4) is 0 Å². The highest BCUT2D eigenvalue weighted by Crippen LogP contribution is 2.33. The molecule has 0 saturated heterocycles. The molecule has 0 bridgehead atoms. The average Bonchev–Trinajstić information content (AvgIpc) is 3.20. The fraction of sp³-hybridized carbons (Fsp3) is 0.200. The number of carbonyl (C=O) groups excluding carboxylic acids is 1. The van der Waals surface area contributed by atoms with Crippen molar-refractivity contribution in [3.05, 3.63) is 64.5 Å². The number of aryl methyl sites for hydroxylation is 1. The summed E-state index contributed by atoms with van der Waals surface area (Å²) in [6.45, 7) is 1.72. The lowest BCUT2D eigenvalue weighted by Crippen LogP contribution is -2.52. The van der Waals surface area contributed by atoms with Crippen LogP contribution in [0.5, 0.6) is 5.75 Å². The van der Waals surface area contributed by atoms with Gasteiger partial charge in [0, 0.05) is 9.92 Å². The molecule has 31 heavy (non-hydrogen) atoms. The summed E-state index contributed by atoms with van der Waals surface area (Å²) < 4.78 is 34.4. The first-order valence-corrected chi connectivity index (χ1v) is 13.0. The molecule has 0 saturated carbocycles. The van der Waals surface area contributed by atoms with Gasteiger partial charge in [-0.15, -0.1) is 11.8 Å². The topological polar surface area (TPSA) is 96.9 Å². The molecule has 2 atom stereocenters. The minimum absolute atomic E-state index is 0.0338. The van der Waals surface area contributed by atoms with Crippen molar-refractivity contribution in [1.29, 1.82) is 0 Å². The number of hydrogen-bond acceptors (Lipinski definition) is 7. The van der Waals surface area contributed by atoms with Gasteiger partial charge in [-0.3, -0.25) is 10.1 Å². The van der Waals surface area contributed by atoms with Crippen LogP contribution >= 0.6 is 35.1 Å². The molecule has 4 rings (SSSR count). The highest BCUT2D eigenvalue weighted by Gasteiger charge is 2.36. The minimum atomic E-state index is -4.04. The predicted octanol–water partition coefficient (Wildman–Crippen LogP) is 3.54. The molecule has 0 aliphatic carbocycles. The van der Waals surface area contributed by atoms with Crippen LogP contribution in [0.15, 0.2) is 68.7 Å². The molecule has 2 unspecified atom stereocenters. The Hall–Kier alpha value is -2.14. The minimum Gasteiger partial charge on any atom is -0.483 e. The summed E-state index contributed by atoms with van der Waals surface area (Å²) in [4.78, 5) is 17.0. The summed E-state index contributed by atoms with van der Waals surface area (Å²) in [5, 5.41) is 4.39. The van der Waals surface area contributed by atoms with Crippen molar-refractivity contribution in [3.8, 4) is 5.75 Å². The first kappa shape index (κ1) is 22.1. The zero-order valence-electron chi connectivity index (χ0n) is 16.2.